The number of benzene rings is 2. The Labute approximate surface area is 165 Å². The first-order chi connectivity index (χ1) is 13.7. The van der Waals surface area contributed by atoms with Gasteiger partial charge in [-0.25, -0.2) is 4.39 Å². The maximum atomic E-state index is 13.2. The molecule has 1 heterocycles. The Morgan fingerprint density at radius 2 is 1.68 bits per heavy atom. The number of hydrogen-bond donors (Lipinski definition) is 2. The van der Waals surface area contributed by atoms with Crippen LogP contribution in [0.15, 0.2) is 67.0 Å². The van der Waals surface area contributed by atoms with Crippen LogP contribution in [0.2, 0.25) is 0 Å². The van der Waals surface area contributed by atoms with E-state index in [0.717, 1.165) is 24.0 Å². The molecule has 4 rings (SSSR count). The zero-order valence-corrected chi connectivity index (χ0v) is 15.8. The molecule has 3 aromatic rings. The van der Waals surface area contributed by atoms with Crippen LogP contribution in [0.3, 0.4) is 0 Å². The molecule has 3 nitrogen and oxygen atoms in total. The predicted molar refractivity (Wildman–Crippen MR) is 110 cm³/mol. The Kier molecular flexibility index (Phi) is 5.56. The second kappa shape index (κ2) is 8.42. The summed E-state index contributed by atoms with van der Waals surface area (Å²) in [5.74, 6) is 0.808. The van der Waals surface area contributed by atoms with Crippen molar-refractivity contribution in [2.75, 3.05) is 6.54 Å². The van der Waals surface area contributed by atoms with E-state index in [2.05, 4.69) is 40.6 Å². The number of H-pyrrole nitrogens is 1. The minimum atomic E-state index is -0.281. The third-order valence-electron chi connectivity index (χ3n) is 5.81. The van der Waals surface area contributed by atoms with Gasteiger partial charge in [-0.05, 0) is 60.8 Å². The van der Waals surface area contributed by atoms with E-state index in [0.29, 0.717) is 23.9 Å². The zero-order chi connectivity index (χ0) is 19.3. The molecule has 1 aliphatic carbocycles. The van der Waals surface area contributed by atoms with Crippen molar-refractivity contribution in [2.45, 2.75) is 31.6 Å². The quantitative estimate of drug-likeness (QED) is 0.605. The number of hydrogen-bond acceptors (Lipinski definition) is 1. The third-order valence-corrected chi connectivity index (χ3v) is 5.81. The van der Waals surface area contributed by atoms with E-state index in [1.807, 2.05) is 0 Å². The highest BCUT2D eigenvalue weighted by Crippen LogP contribution is 2.35. The molecule has 1 aromatic heterocycles. The fourth-order valence-electron chi connectivity index (χ4n) is 4.18. The van der Waals surface area contributed by atoms with Crippen LogP contribution in [0.1, 0.15) is 47.5 Å². The molecule has 0 unspecified atom stereocenters. The molecular formula is C24H25FN2O. The van der Waals surface area contributed by atoms with Crippen LogP contribution in [0.25, 0.3) is 11.1 Å². The Morgan fingerprint density at radius 1 is 0.964 bits per heavy atom. The van der Waals surface area contributed by atoms with Crippen LogP contribution >= 0.6 is 0 Å². The smallest absolute Gasteiger partial charge is 0.253 e. The summed E-state index contributed by atoms with van der Waals surface area (Å²) in [6.45, 7) is 0.703. The van der Waals surface area contributed by atoms with E-state index in [1.165, 1.54) is 30.5 Å². The minimum absolute atomic E-state index is 0.0780. The molecule has 0 radical (unpaired) electrons. The van der Waals surface area contributed by atoms with Crippen LogP contribution in [0, 0.1) is 11.7 Å². The van der Waals surface area contributed by atoms with Crippen molar-refractivity contribution >= 4 is 5.91 Å². The molecule has 1 amide bonds. The summed E-state index contributed by atoms with van der Waals surface area (Å²) in [4.78, 5) is 15.7. The van der Waals surface area contributed by atoms with E-state index < -0.39 is 0 Å². The molecule has 0 bridgehead atoms. The lowest BCUT2D eigenvalue weighted by atomic mass is 9.78. The number of carbonyl (C=O) groups is 1. The van der Waals surface area contributed by atoms with E-state index in [9.17, 15) is 9.18 Å². The van der Waals surface area contributed by atoms with Crippen LogP contribution in [-0.4, -0.2) is 17.4 Å². The summed E-state index contributed by atoms with van der Waals surface area (Å²) in [7, 11) is 0. The number of aromatic nitrogens is 1. The first-order valence-electron chi connectivity index (χ1n) is 9.96. The maximum absolute atomic E-state index is 13.2. The van der Waals surface area contributed by atoms with Gasteiger partial charge in [0, 0.05) is 24.5 Å². The lowest BCUT2D eigenvalue weighted by Gasteiger charge is -2.29. The average Bonchev–Trinajstić information content (AvgIpc) is 3.23. The molecule has 0 spiro atoms. The monoisotopic (exact) mass is 376 g/mol. The van der Waals surface area contributed by atoms with Crippen LogP contribution < -0.4 is 5.32 Å². The summed E-state index contributed by atoms with van der Waals surface area (Å²) < 4.78 is 13.2. The van der Waals surface area contributed by atoms with Gasteiger partial charge >= 0.3 is 0 Å². The SMILES string of the molecule is O=C(NCC1CCC(c2ccccc2)CC1)c1c[nH]cc1-c1ccc(F)cc1. The van der Waals surface area contributed by atoms with Crippen LogP contribution in [-0.2, 0) is 0 Å². The van der Waals surface area contributed by atoms with Gasteiger partial charge in [0.1, 0.15) is 5.82 Å². The zero-order valence-electron chi connectivity index (χ0n) is 15.8. The van der Waals surface area contributed by atoms with Gasteiger partial charge in [0.15, 0.2) is 0 Å². The normalized spacial score (nSPS) is 19.3. The molecular weight excluding hydrogens is 351 g/mol. The number of halogens is 1. The summed E-state index contributed by atoms with van der Waals surface area (Å²) >= 11 is 0. The molecule has 2 aromatic carbocycles. The van der Waals surface area contributed by atoms with E-state index in [4.69, 9.17) is 0 Å². The molecule has 28 heavy (non-hydrogen) atoms. The lowest BCUT2D eigenvalue weighted by molar-refractivity contribution is 0.0943. The van der Waals surface area contributed by atoms with E-state index in [-0.39, 0.29) is 11.7 Å². The Hall–Kier alpha value is -2.88. The number of rotatable bonds is 5. The largest absolute Gasteiger partial charge is 0.366 e. The van der Waals surface area contributed by atoms with Crippen LogP contribution in [0.4, 0.5) is 4.39 Å². The molecule has 0 atom stereocenters. The topological polar surface area (TPSA) is 44.9 Å². The molecule has 1 aliphatic rings. The highest BCUT2D eigenvalue weighted by Gasteiger charge is 2.23. The average molecular weight is 376 g/mol. The number of amides is 1. The van der Waals surface area contributed by atoms with Crippen LogP contribution in [0.5, 0.6) is 0 Å². The molecule has 144 valence electrons. The summed E-state index contributed by atoms with van der Waals surface area (Å²) in [6, 6.07) is 16.9. The molecule has 0 saturated heterocycles. The summed E-state index contributed by atoms with van der Waals surface area (Å²) in [5.41, 5.74) is 3.66. The minimum Gasteiger partial charge on any atom is -0.366 e. The Morgan fingerprint density at radius 3 is 2.39 bits per heavy atom. The Bertz CT molecular complexity index is 909. The fraction of sp³-hybridized carbons (Fsp3) is 0.292. The Balaban J connectivity index is 1.32. The molecule has 4 heteroatoms. The molecule has 2 N–H and O–H groups in total. The second-order valence-electron chi connectivity index (χ2n) is 7.63. The van der Waals surface area contributed by atoms with Crippen molar-refractivity contribution < 1.29 is 9.18 Å². The van der Waals surface area contributed by atoms with Gasteiger partial charge in [0.2, 0.25) is 0 Å². The van der Waals surface area contributed by atoms with Gasteiger partial charge in [0.05, 0.1) is 5.56 Å². The predicted octanol–water partition coefficient (Wildman–Crippen LogP) is 5.52. The molecule has 1 saturated carbocycles. The van der Waals surface area contributed by atoms with Gasteiger partial charge in [-0.2, -0.15) is 0 Å². The van der Waals surface area contributed by atoms with E-state index in [1.54, 1.807) is 24.5 Å². The van der Waals surface area contributed by atoms with Crippen molar-refractivity contribution in [3.63, 3.8) is 0 Å². The maximum Gasteiger partial charge on any atom is 0.253 e. The number of nitrogens with one attached hydrogen (secondary N) is 2. The van der Waals surface area contributed by atoms with Crippen molar-refractivity contribution in [2.24, 2.45) is 5.92 Å². The summed E-state index contributed by atoms with van der Waals surface area (Å²) in [5, 5.41) is 3.10. The number of carbonyl (C=O) groups excluding carboxylic acids is 1. The summed E-state index contributed by atoms with van der Waals surface area (Å²) in [6.07, 6.45) is 8.12. The molecule has 0 aliphatic heterocycles. The van der Waals surface area contributed by atoms with E-state index >= 15 is 0 Å². The van der Waals surface area contributed by atoms with Gasteiger partial charge in [-0.1, -0.05) is 42.5 Å². The fourth-order valence-corrected chi connectivity index (χ4v) is 4.18. The van der Waals surface area contributed by atoms with Gasteiger partial charge in [-0.3, -0.25) is 4.79 Å². The van der Waals surface area contributed by atoms with Gasteiger partial charge in [-0.15, -0.1) is 0 Å². The van der Waals surface area contributed by atoms with Crippen molar-refractivity contribution in [3.8, 4) is 11.1 Å². The third kappa shape index (κ3) is 4.16. The standard InChI is InChI=1S/C24H25FN2O/c25-21-12-10-20(11-13-21)22-15-26-16-23(22)24(28)27-14-17-6-8-19(9-7-17)18-4-2-1-3-5-18/h1-5,10-13,15-17,19,26H,6-9,14H2,(H,27,28). The van der Waals surface area contributed by atoms with Crippen molar-refractivity contribution in [1.29, 1.82) is 0 Å². The van der Waals surface area contributed by atoms with Gasteiger partial charge < -0.3 is 10.3 Å². The van der Waals surface area contributed by atoms with Gasteiger partial charge in [0.25, 0.3) is 5.91 Å². The lowest BCUT2D eigenvalue weighted by Crippen LogP contribution is -2.31. The highest BCUT2D eigenvalue weighted by molar-refractivity contribution is 6.00. The van der Waals surface area contributed by atoms with Crippen molar-refractivity contribution in [1.82, 2.24) is 10.3 Å². The second-order valence-corrected chi connectivity index (χ2v) is 7.63. The molecule has 1 fully saturated rings. The number of aromatic amines is 1. The first kappa shape index (κ1) is 18.5. The highest BCUT2D eigenvalue weighted by atomic mass is 19.1. The van der Waals surface area contributed by atoms with Crippen molar-refractivity contribution in [3.05, 3.63) is 83.9 Å². The first-order valence-corrected chi connectivity index (χ1v) is 9.96.